The topological polar surface area (TPSA) is 60.9 Å². The van der Waals surface area contributed by atoms with Crippen LogP contribution in [0.15, 0.2) is 47.4 Å². The Labute approximate surface area is 219 Å². The van der Waals surface area contributed by atoms with Gasteiger partial charge in [-0.05, 0) is 106 Å². The Morgan fingerprint density at radius 2 is 1.54 bits per heavy atom. The number of halogens is 1. The van der Waals surface area contributed by atoms with Crippen LogP contribution in [0.25, 0.3) is 11.1 Å². The number of aliphatic hydroxyl groups excluding tert-OH is 1. The van der Waals surface area contributed by atoms with Crippen molar-refractivity contribution in [1.82, 2.24) is 4.90 Å². The zero-order valence-corrected chi connectivity index (χ0v) is 22.2. The van der Waals surface area contributed by atoms with Gasteiger partial charge in [-0.15, -0.1) is 0 Å². The Balaban J connectivity index is 1.04. The normalized spacial score (nSPS) is 33.2. The molecule has 5 fully saturated rings. The average molecular weight is 525 g/mol. The lowest BCUT2D eigenvalue weighted by Crippen LogP contribution is -2.55. The number of para-hydroxylation sites is 1. The summed E-state index contributed by atoms with van der Waals surface area (Å²) in [7, 11) is -3.84. The maximum absolute atomic E-state index is 15.1. The fourth-order valence-electron chi connectivity index (χ4n) is 8.94. The highest BCUT2D eigenvalue weighted by atomic mass is 32.2. The van der Waals surface area contributed by atoms with Gasteiger partial charge < -0.3 is 10.0 Å². The molecule has 0 spiro atoms. The summed E-state index contributed by atoms with van der Waals surface area (Å²) in [6.45, 7) is 2.72. The fraction of sp³-hybridized carbons (Fsp3) is 0.600. The van der Waals surface area contributed by atoms with Gasteiger partial charge in [-0.3, -0.25) is 4.31 Å². The van der Waals surface area contributed by atoms with E-state index in [1.54, 1.807) is 30.3 Å². The van der Waals surface area contributed by atoms with E-state index in [9.17, 15) is 13.5 Å². The molecule has 37 heavy (non-hydrogen) atoms. The Morgan fingerprint density at radius 1 is 0.919 bits per heavy atom. The molecule has 2 aromatic carbocycles. The molecule has 2 aromatic rings. The van der Waals surface area contributed by atoms with Gasteiger partial charge in [0, 0.05) is 24.2 Å². The smallest absolute Gasteiger partial charge is 0.265 e. The van der Waals surface area contributed by atoms with Crippen LogP contribution >= 0.6 is 0 Å². The van der Waals surface area contributed by atoms with Crippen LogP contribution in [0.2, 0.25) is 0 Å². The number of benzene rings is 2. The molecular formula is C30H37FN2O3S. The van der Waals surface area contributed by atoms with Gasteiger partial charge in [0.2, 0.25) is 0 Å². The quantitative estimate of drug-likeness (QED) is 0.577. The van der Waals surface area contributed by atoms with E-state index in [-0.39, 0.29) is 34.6 Å². The number of piperidine rings is 1. The molecule has 0 unspecified atom stereocenters. The maximum Gasteiger partial charge on any atom is 0.265 e. The van der Waals surface area contributed by atoms with Gasteiger partial charge in [0.15, 0.2) is 0 Å². The van der Waals surface area contributed by atoms with Gasteiger partial charge in [0.1, 0.15) is 5.82 Å². The highest BCUT2D eigenvalue weighted by molar-refractivity contribution is 7.93. The van der Waals surface area contributed by atoms with Crippen molar-refractivity contribution in [3.05, 3.63) is 48.3 Å². The van der Waals surface area contributed by atoms with Crippen molar-refractivity contribution in [2.24, 2.45) is 29.1 Å². The molecule has 0 radical (unpaired) electrons. The first kappa shape index (κ1) is 24.1. The standard InChI is InChI=1S/C30H37FN2O3S/c31-26-6-3-5-25-24-4-1-2-7-27(24)37(35,36)33(29(25)26)18-20-8-10-32(11-9-20)19-28(34)30-15-21-12-22(16-30)14-23(13-21)17-30/h1-7,20-23,28,34H,8-19H2/t21?,22?,23?,28-,30?/m0/s1. The van der Waals surface area contributed by atoms with E-state index in [0.717, 1.165) is 50.2 Å². The minimum atomic E-state index is -3.84. The van der Waals surface area contributed by atoms with E-state index in [4.69, 9.17) is 0 Å². The largest absolute Gasteiger partial charge is 0.391 e. The number of β-amino-alcohol motifs (C(OH)–C–C–N with tert-alkyl or cyclic N) is 1. The Bertz CT molecular complexity index is 1270. The van der Waals surface area contributed by atoms with Crippen LogP contribution in [0.5, 0.6) is 0 Å². The SMILES string of the molecule is O=S1(=O)c2ccccc2-c2cccc(F)c2N1CC1CCN(C[C@H](O)C23CC4CC(CC(C4)C2)C3)CC1. The van der Waals surface area contributed by atoms with E-state index in [2.05, 4.69) is 4.90 Å². The molecule has 4 aliphatic carbocycles. The minimum Gasteiger partial charge on any atom is -0.391 e. The van der Waals surface area contributed by atoms with Crippen molar-refractivity contribution >= 4 is 15.7 Å². The van der Waals surface area contributed by atoms with Crippen LogP contribution in [0.3, 0.4) is 0 Å². The highest BCUT2D eigenvalue weighted by Gasteiger charge is 2.54. The third kappa shape index (κ3) is 3.95. The first-order valence-electron chi connectivity index (χ1n) is 14.1. The molecule has 0 aromatic heterocycles. The van der Waals surface area contributed by atoms with E-state index >= 15 is 4.39 Å². The summed E-state index contributed by atoms with van der Waals surface area (Å²) in [5.74, 6) is 2.14. The summed E-state index contributed by atoms with van der Waals surface area (Å²) in [6, 6.07) is 11.7. The first-order valence-corrected chi connectivity index (χ1v) is 15.6. The summed E-state index contributed by atoms with van der Waals surface area (Å²) in [4.78, 5) is 2.64. The monoisotopic (exact) mass is 524 g/mol. The summed E-state index contributed by atoms with van der Waals surface area (Å²) in [6.07, 6.45) is 9.19. The molecule has 1 N–H and O–H groups in total. The predicted molar refractivity (Wildman–Crippen MR) is 142 cm³/mol. The summed E-state index contributed by atoms with van der Waals surface area (Å²) >= 11 is 0. The second kappa shape index (κ2) is 8.78. The molecule has 8 rings (SSSR count). The van der Waals surface area contributed by atoms with Crippen molar-refractivity contribution in [2.45, 2.75) is 62.4 Å². The van der Waals surface area contributed by atoms with Crippen LogP contribution in [0.4, 0.5) is 10.1 Å². The predicted octanol–water partition coefficient (Wildman–Crippen LogP) is 5.29. The first-order chi connectivity index (χ1) is 17.8. The number of fused-ring (bicyclic) bond motifs is 3. The fourth-order valence-corrected chi connectivity index (χ4v) is 10.7. The number of rotatable bonds is 5. The molecule has 1 atom stereocenters. The van der Waals surface area contributed by atoms with Crippen LogP contribution in [-0.4, -0.2) is 50.7 Å². The maximum atomic E-state index is 15.1. The van der Waals surface area contributed by atoms with Crippen LogP contribution in [0.1, 0.15) is 51.4 Å². The summed E-state index contributed by atoms with van der Waals surface area (Å²) in [5.41, 5.74) is 1.52. The Hall–Kier alpha value is -1.96. The average Bonchev–Trinajstić information content (AvgIpc) is 2.87. The summed E-state index contributed by atoms with van der Waals surface area (Å²) < 4.78 is 43.7. The van der Waals surface area contributed by atoms with Crippen molar-refractivity contribution in [2.75, 3.05) is 30.5 Å². The van der Waals surface area contributed by atoms with Gasteiger partial charge >= 0.3 is 0 Å². The molecule has 2 aliphatic heterocycles. The molecule has 6 aliphatic rings. The number of sulfonamides is 1. The number of nitrogens with zero attached hydrogens (tertiary/aromatic N) is 2. The van der Waals surface area contributed by atoms with Crippen molar-refractivity contribution in [3.8, 4) is 11.1 Å². The zero-order valence-electron chi connectivity index (χ0n) is 21.4. The zero-order chi connectivity index (χ0) is 25.4. The number of hydrogen-bond acceptors (Lipinski definition) is 4. The van der Waals surface area contributed by atoms with Crippen LogP contribution < -0.4 is 4.31 Å². The number of hydrogen-bond donors (Lipinski definition) is 1. The third-order valence-electron chi connectivity index (χ3n) is 10.3. The van der Waals surface area contributed by atoms with Gasteiger partial charge in [0.25, 0.3) is 10.0 Å². The van der Waals surface area contributed by atoms with Gasteiger partial charge in [-0.2, -0.15) is 0 Å². The Kier molecular flexibility index (Phi) is 5.72. The number of likely N-dealkylation sites (tertiary alicyclic amines) is 1. The van der Waals surface area contributed by atoms with Gasteiger partial charge in [0.05, 0.1) is 16.7 Å². The minimum absolute atomic E-state index is 0.127. The van der Waals surface area contributed by atoms with E-state index in [0.29, 0.717) is 11.1 Å². The van der Waals surface area contributed by atoms with E-state index in [1.807, 2.05) is 6.07 Å². The van der Waals surface area contributed by atoms with Crippen LogP contribution in [-0.2, 0) is 10.0 Å². The van der Waals surface area contributed by atoms with Gasteiger partial charge in [-0.1, -0.05) is 30.3 Å². The van der Waals surface area contributed by atoms with Crippen molar-refractivity contribution in [3.63, 3.8) is 0 Å². The molecule has 4 bridgehead atoms. The summed E-state index contributed by atoms with van der Waals surface area (Å²) in [5, 5.41) is 11.4. The van der Waals surface area contributed by atoms with E-state index in [1.165, 1.54) is 48.9 Å². The Morgan fingerprint density at radius 3 is 2.22 bits per heavy atom. The van der Waals surface area contributed by atoms with Gasteiger partial charge in [-0.25, -0.2) is 12.8 Å². The third-order valence-corrected chi connectivity index (χ3v) is 12.2. The molecule has 198 valence electrons. The molecule has 4 saturated carbocycles. The molecule has 5 nitrogen and oxygen atoms in total. The molecular weight excluding hydrogens is 487 g/mol. The van der Waals surface area contributed by atoms with Crippen molar-refractivity contribution in [1.29, 1.82) is 0 Å². The molecule has 7 heteroatoms. The molecule has 2 heterocycles. The molecule has 0 amide bonds. The lowest BCUT2D eigenvalue weighted by atomic mass is 9.48. The highest BCUT2D eigenvalue weighted by Crippen LogP contribution is 2.61. The van der Waals surface area contributed by atoms with Crippen molar-refractivity contribution < 1.29 is 17.9 Å². The number of anilines is 1. The van der Waals surface area contributed by atoms with Crippen LogP contribution in [0, 0.1) is 34.9 Å². The molecule has 1 saturated heterocycles. The lowest BCUT2D eigenvalue weighted by Gasteiger charge is -2.59. The van der Waals surface area contributed by atoms with E-state index < -0.39 is 15.8 Å². The second-order valence-corrected chi connectivity index (χ2v) is 14.5. The number of aliphatic hydroxyl groups is 1. The lowest BCUT2D eigenvalue weighted by molar-refractivity contribution is -0.127. The second-order valence-electron chi connectivity index (χ2n) is 12.7.